The summed E-state index contributed by atoms with van der Waals surface area (Å²) in [5, 5.41) is 5.61. The lowest BCUT2D eigenvalue weighted by atomic mass is 10.0. The standard InChI is InChI=1S/C36H41N7O4/c44-34(31-5-2-14-46-31)42-13-11-23(22-42)18-38-36-39-19-28(20-40-36)26-8-7-25-17-27(10-9-24(25)16-26)29-21-37-33(41-29)30-4-1-12-43(30)35(45)32-6-3-15-47-32/h7-10,16-17,19-21,23,30-32H,1-6,11-15,18,22H2,(H,37,41)(H,38,39,40)/t23-,30+,31+,32+/m1/s1. The maximum Gasteiger partial charge on any atom is 0.252 e. The Balaban J connectivity index is 0.891. The number of aromatic amines is 1. The molecule has 4 atom stereocenters. The Morgan fingerprint density at radius 1 is 0.787 bits per heavy atom. The summed E-state index contributed by atoms with van der Waals surface area (Å²) in [6.45, 7) is 4.38. The Labute approximate surface area is 274 Å². The number of carbonyl (C=O) groups excluding carboxylic acids is 2. The van der Waals surface area contributed by atoms with Gasteiger partial charge in [0.25, 0.3) is 11.8 Å². The summed E-state index contributed by atoms with van der Waals surface area (Å²) in [4.78, 5) is 47.0. The summed E-state index contributed by atoms with van der Waals surface area (Å²) in [5.74, 6) is 2.05. The molecule has 4 aliphatic rings. The van der Waals surface area contributed by atoms with Crippen molar-refractivity contribution < 1.29 is 19.1 Å². The number of hydrogen-bond donors (Lipinski definition) is 2. The number of imidazole rings is 1. The van der Waals surface area contributed by atoms with Crippen LogP contribution in [0.1, 0.15) is 56.8 Å². The van der Waals surface area contributed by atoms with Crippen LogP contribution in [0.25, 0.3) is 33.2 Å². The summed E-state index contributed by atoms with van der Waals surface area (Å²) < 4.78 is 11.3. The van der Waals surface area contributed by atoms with Gasteiger partial charge in [-0.15, -0.1) is 0 Å². The van der Waals surface area contributed by atoms with Gasteiger partial charge in [-0.25, -0.2) is 15.0 Å². The van der Waals surface area contributed by atoms with Crippen molar-refractivity contribution in [2.45, 2.75) is 63.2 Å². The van der Waals surface area contributed by atoms with E-state index < -0.39 is 0 Å². The summed E-state index contributed by atoms with van der Waals surface area (Å²) in [7, 11) is 0. The van der Waals surface area contributed by atoms with Gasteiger partial charge in [-0.05, 0) is 79.3 Å². The van der Waals surface area contributed by atoms with E-state index in [2.05, 4.69) is 56.7 Å². The molecule has 0 bridgehead atoms. The molecule has 4 aliphatic heterocycles. The zero-order valence-corrected chi connectivity index (χ0v) is 26.6. The zero-order valence-electron chi connectivity index (χ0n) is 26.6. The average Bonchev–Trinajstić information content (AvgIpc) is 3.96. The Hall–Kier alpha value is -4.35. The van der Waals surface area contributed by atoms with Crippen LogP contribution >= 0.6 is 0 Å². The largest absolute Gasteiger partial charge is 0.368 e. The van der Waals surface area contributed by atoms with Gasteiger partial charge in [0, 0.05) is 62.9 Å². The van der Waals surface area contributed by atoms with Crippen molar-refractivity contribution in [1.29, 1.82) is 0 Å². The third-order valence-electron chi connectivity index (χ3n) is 10.1. The topological polar surface area (TPSA) is 126 Å². The van der Waals surface area contributed by atoms with Crippen LogP contribution in [-0.4, -0.2) is 93.2 Å². The molecule has 2 aromatic carbocycles. The number of likely N-dealkylation sites (tertiary alicyclic amines) is 2. The molecule has 47 heavy (non-hydrogen) atoms. The lowest BCUT2D eigenvalue weighted by Gasteiger charge is -2.25. The Bertz CT molecular complexity index is 1750. The Kier molecular flexibility index (Phi) is 8.33. The molecule has 6 heterocycles. The van der Waals surface area contributed by atoms with Crippen LogP contribution in [0, 0.1) is 5.92 Å². The minimum absolute atomic E-state index is 0.0344. The first-order chi connectivity index (χ1) is 23.1. The van der Waals surface area contributed by atoms with Crippen LogP contribution in [-0.2, 0) is 19.1 Å². The number of carbonyl (C=O) groups is 2. The predicted octanol–water partition coefficient (Wildman–Crippen LogP) is 4.97. The summed E-state index contributed by atoms with van der Waals surface area (Å²) >= 11 is 0. The number of hydrogen-bond acceptors (Lipinski definition) is 8. The average molecular weight is 636 g/mol. The van der Waals surface area contributed by atoms with Crippen molar-refractivity contribution in [1.82, 2.24) is 29.7 Å². The maximum atomic E-state index is 13.1. The van der Waals surface area contributed by atoms with Crippen LogP contribution in [0.15, 0.2) is 55.0 Å². The molecular weight excluding hydrogens is 594 g/mol. The van der Waals surface area contributed by atoms with E-state index in [4.69, 9.17) is 14.5 Å². The van der Waals surface area contributed by atoms with E-state index >= 15 is 0 Å². The van der Waals surface area contributed by atoms with Crippen molar-refractivity contribution in [2.24, 2.45) is 5.92 Å². The molecular formula is C36H41N7O4. The number of fused-ring (bicyclic) bond motifs is 1. The first-order valence-electron chi connectivity index (χ1n) is 17.1. The second kappa shape index (κ2) is 13.0. The monoisotopic (exact) mass is 635 g/mol. The molecule has 2 amide bonds. The number of nitrogens with zero attached hydrogens (tertiary/aromatic N) is 5. The van der Waals surface area contributed by atoms with Crippen LogP contribution in [0.3, 0.4) is 0 Å². The first-order valence-corrected chi connectivity index (χ1v) is 17.1. The SMILES string of the molecule is O=C([C@@H]1CCCO1)N1CC[C@H](CNc2ncc(-c3ccc4cc(-c5cnc([C@@H]6CCCN6C(=O)[C@@H]6CCCO6)[nH]5)ccc4c3)cn2)C1. The molecule has 244 valence electrons. The fourth-order valence-corrected chi connectivity index (χ4v) is 7.50. The molecule has 2 N–H and O–H groups in total. The second-order valence-electron chi connectivity index (χ2n) is 13.3. The van der Waals surface area contributed by atoms with Crippen molar-refractivity contribution in [3.05, 3.63) is 60.8 Å². The van der Waals surface area contributed by atoms with Gasteiger partial charge in [0.1, 0.15) is 18.0 Å². The van der Waals surface area contributed by atoms with E-state index in [0.29, 0.717) is 25.1 Å². The van der Waals surface area contributed by atoms with E-state index in [1.165, 1.54) is 0 Å². The molecule has 4 fully saturated rings. The van der Waals surface area contributed by atoms with Gasteiger partial charge in [-0.2, -0.15) is 0 Å². The zero-order chi connectivity index (χ0) is 31.7. The molecule has 0 radical (unpaired) electrons. The first kappa shape index (κ1) is 30.0. The summed E-state index contributed by atoms with van der Waals surface area (Å²) in [6, 6.07) is 12.8. The van der Waals surface area contributed by atoms with E-state index in [1.54, 1.807) is 0 Å². The third kappa shape index (κ3) is 6.21. The van der Waals surface area contributed by atoms with Crippen LogP contribution in [0.4, 0.5) is 5.95 Å². The van der Waals surface area contributed by atoms with Gasteiger partial charge in [-0.1, -0.05) is 24.3 Å². The highest BCUT2D eigenvalue weighted by atomic mass is 16.5. The summed E-state index contributed by atoms with van der Waals surface area (Å²) in [6.07, 6.45) is 11.4. The number of aromatic nitrogens is 4. The normalized spacial score (nSPS) is 24.4. The van der Waals surface area contributed by atoms with E-state index in [1.807, 2.05) is 28.4 Å². The fraction of sp³-hybridized carbons (Fsp3) is 0.472. The van der Waals surface area contributed by atoms with Crippen molar-refractivity contribution >= 4 is 28.5 Å². The molecule has 11 heteroatoms. The second-order valence-corrected chi connectivity index (χ2v) is 13.3. The lowest BCUT2D eigenvalue weighted by Crippen LogP contribution is -2.38. The number of ether oxygens (including phenoxy) is 2. The number of amides is 2. The molecule has 0 aliphatic carbocycles. The van der Waals surface area contributed by atoms with Crippen LogP contribution in [0.5, 0.6) is 0 Å². The minimum atomic E-state index is -0.304. The number of anilines is 1. The maximum absolute atomic E-state index is 13.1. The van der Waals surface area contributed by atoms with Gasteiger partial charge in [0.05, 0.1) is 17.9 Å². The molecule has 0 spiro atoms. The van der Waals surface area contributed by atoms with E-state index in [-0.39, 0.29) is 30.1 Å². The van der Waals surface area contributed by atoms with Crippen molar-refractivity contribution in [3.8, 4) is 22.4 Å². The highest BCUT2D eigenvalue weighted by molar-refractivity contribution is 5.90. The highest BCUT2D eigenvalue weighted by Gasteiger charge is 2.37. The van der Waals surface area contributed by atoms with Crippen LogP contribution in [0.2, 0.25) is 0 Å². The number of benzene rings is 2. The Morgan fingerprint density at radius 3 is 2.26 bits per heavy atom. The molecule has 4 saturated heterocycles. The molecule has 11 nitrogen and oxygen atoms in total. The predicted molar refractivity (Wildman–Crippen MR) is 177 cm³/mol. The van der Waals surface area contributed by atoms with Gasteiger partial charge in [-0.3, -0.25) is 9.59 Å². The smallest absolute Gasteiger partial charge is 0.252 e. The highest BCUT2D eigenvalue weighted by Crippen LogP contribution is 2.34. The third-order valence-corrected chi connectivity index (χ3v) is 10.1. The van der Waals surface area contributed by atoms with E-state index in [0.717, 1.165) is 110 Å². The molecule has 2 aromatic heterocycles. The van der Waals surface area contributed by atoms with E-state index in [9.17, 15) is 9.59 Å². The van der Waals surface area contributed by atoms with Crippen molar-refractivity contribution in [3.63, 3.8) is 0 Å². The van der Waals surface area contributed by atoms with Crippen LogP contribution < -0.4 is 5.32 Å². The number of rotatable bonds is 8. The molecule has 0 saturated carbocycles. The molecule has 8 rings (SSSR count). The quantitative estimate of drug-likeness (QED) is 0.278. The van der Waals surface area contributed by atoms with Gasteiger partial charge < -0.3 is 29.6 Å². The molecule has 4 aromatic rings. The minimum Gasteiger partial charge on any atom is -0.368 e. The Morgan fingerprint density at radius 2 is 1.51 bits per heavy atom. The van der Waals surface area contributed by atoms with Gasteiger partial charge >= 0.3 is 0 Å². The van der Waals surface area contributed by atoms with Gasteiger partial charge in [0.2, 0.25) is 5.95 Å². The fourth-order valence-electron chi connectivity index (χ4n) is 7.50. The van der Waals surface area contributed by atoms with Crippen molar-refractivity contribution in [2.75, 3.05) is 44.7 Å². The molecule has 0 unspecified atom stereocenters. The lowest BCUT2D eigenvalue weighted by molar-refractivity contribution is -0.142. The summed E-state index contributed by atoms with van der Waals surface area (Å²) in [5.41, 5.74) is 4.00. The number of H-pyrrole nitrogens is 1. The number of nitrogens with one attached hydrogen (secondary N) is 2. The van der Waals surface area contributed by atoms with Gasteiger partial charge in [0.15, 0.2) is 0 Å².